The summed E-state index contributed by atoms with van der Waals surface area (Å²) in [6.07, 6.45) is 4.26. The van der Waals surface area contributed by atoms with Crippen LogP contribution in [0.3, 0.4) is 0 Å². The number of thiazole rings is 3. The molecule has 0 bridgehead atoms. The number of nitrogens with two attached hydrogens (primary N) is 1. The maximum Gasteiger partial charge on any atom is 1.00 e. The molecule has 14 rings (SSSR count). The Balaban J connectivity index is 0.000000159. The van der Waals surface area contributed by atoms with Gasteiger partial charge >= 0.3 is 40.0 Å². The number of aromatic hydroxyl groups is 1. The molecule has 2 aliphatic rings. The molecule has 0 saturated heterocycles. The summed E-state index contributed by atoms with van der Waals surface area (Å²) in [4.78, 5) is 52.6. The first-order chi connectivity index (χ1) is 44.7. The van der Waals surface area contributed by atoms with E-state index in [1.54, 1.807) is 40.3 Å². The second-order valence-electron chi connectivity index (χ2n) is 20.0. The summed E-state index contributed by atoms with van der Waals surface area (Å²) in [5.41, 5.74) is 19.6. The van der Waals surface area contributed by atoms with E-state index in [2.05, 4.69) is 55.1 Å². The van der Waals surface area contributed by atoms with Crippen molar-refractivity contribution < 1.29 is 76.7 Å². The van der Waals surface area contributed by atoms with Gasteiger partial charge in [0.25, 0.3) is 0 Å². The number of hydrogen-bond donors (Lipinski definition) is 7. The van der Waals surface area contributed by atoms with E-state index in [4.69, 9.17) is 37.3 Å². The van der Waals surface area contributed by atoms with E-state index in [0.29, 0.717) is 60.5 Å². The fraction of sp³-hybridized carbons (Fsp3) is 0.104. The van der Waals surface area contributed by atoms with E-state index < -0.39 is 21.9 Å². The molecule has 0 radical (unpaired) electrons. The summed E-state index contributed by atoms with van der Waals surface area (Å²) in [5.74, 6) is 5.92. The number of aromatic nitrogens is 5. The van der Waals surface area contributed by atoms with Crippen LogP contribution < -0.4 is 77.0 Å². The number of nitrogens with one attached hydrogen (secondary N) is 2. The van der Waals surface area contributed by atoms with Crippen LogP contribution in [0.2, 0.25) is 0 Å². The molecule has 2 aliphatic heterocycles. The quantitative estimate of drug-likeness (QED) is 0.0236. The number of hydrazine groups is 1. The summed E-state index contributed by atoms with van der Waals surface area (Å²) in [7, 11) is -4.67. The molecule has 6 aromatic heterocycles. The average Bonchev–Trinajstić information content (AvgIpc) is 1.29. The summed E-state index contributed by atoms with van der Waals surface area (Å²) in [5, 5.41) is 22.7. The molecule has 12 aromatic rings. The van der Waals surface area contributed by atoms with Gasteiger partial charge in [0, 0.05) is 37.1 Å². The van der Waals surface area contributed by atoms with Crippen molar-refractivity contribution in [3.8, 4) is 51.5 Å². The van der Waals surface area contributed by atoms with Crippen LogP contribution in [0.25, 0.3) is 34.2 Å². The van der Waals surface area contributed by atoms with Crippen molar-refractivity contribution in [2.75, 3.05) is 10.4 Å². The molecular weight excluding hydrogens is 1290 g/mol. The molecule has 476 valence electrons. The van der Waals surface area contributed by atoms with Crippen molar-refractivity contribution in [2.24, 2.45) is 5.84 Å². The van der Waals surface area contributed by atoms with Gasteiger partial charge in [0.15, 0.2) is 17.3 Å². The number of hydrogen-bond acceptors (Lipinski definition) is 21. The number of nitrogens with zero attached hydrogens (tertiary/aromatic N) is 6. The Hall–Kier alpha value is -9.23. The van der Waals surface area contributed by atoms with Gasteiger partial charge in [0.1, 0.15) is 47.8 Å². The van der Waals surface area contributed by atoms with E-state index in [9.17, 15) is 24.6 Å². The van der Waals surface area contributed by atoms with E-state index >= 15 is 0 Å². The number of pyridine rings is 2. The van der Waals surface area contributed by atoms with E-state index in [0.717, 1.165) is 53.7 Å². The first-order valence-electron chi connectivity index (χ1n) is 28.2. The minimum absolute atomic E-state index is 0. The summed E-state index contributed by atoms with van der Waals surface area (Å²) in [6, 6.07) is 63.4. The molecule has 0 amide bonds. The van der Waals surface area contributed by atoms with E-state index in [1.165, 1.54) is 47.1 Å². The standard InChI is InChI=1S/C22H17N3O2S.C16H15N3O3S.C16H13N3O2S.C13H12O.Na.H2O4S.H2O/c26-17-11-12-24-21(22(17)27)19-18(28-14-23-19)13-25(24)20(15-7-3-1-4-8-15)16-9-5-2-6-10-16;17-19-8-13-14(18-10-23-13)16-15(12(20)6-7-21-16)22-9-11-4-2-1-3-5-11;20-12-6-7-19-15(14-13(8-18-19)22-10-17-14)16(12)21-9-11-4-2-1-3-5-11;14-13(11-7-3-1-4-8-11)12-9-5-2-6-10-12;;1-5(2,3)4;/h1-12,14,20,27H,13H2;1-7,10,19H,8-9,17H2;1-7,10,18H,8-9H2;1-10,13-14H;;(H2,1,2,3,4);1H2/q;;;;+1;;/p-1. The predicted octanol–water partition coefficient (Wildman–Crippen LogP) is 7.77. The molecule has 9 N–H and O–H groups in total. The van der Waals surface area contributed by atoms with Gasteiger partial charge in [0.05, 0.1) is 56.6 Å². The van der Waals surface area contributed by atoms with Gasteiger partial charge in [-0.15, -0.1) is 34.0 Å². The molecule has 27 heteroatoms. The Bertz CT molecular complexity index is 4560. The van der Waals surface area contributed by atoms with Crippen LogP contribution in [0.5, 0.6) is 17.2 Å². The zero-order valence-corrected chi connectivity index (χ0v) is 55.4. The molecule has 0 unspecified atom stereocenters. The van der Waals surface area contributed by atoms with Crippen LogP contribution in [0.1, 0.15) is 60.2 Å². The van der Waals surface area contributed by atoms with Crippen molar-refractivity contribution in [1.82, 2.24) is 29.7 Å². The van der Waals surface area contributed by atoms with E-state index in [-0.39, 0.29) is 70.0 Å². The van der Waals surface area contributed by atoms with Crippen molar-refractivity contribution in [3.63, 3.8) is 0 Å². The van der Waals surface area contributed by atoms with Crippen molar-refractivity contribution in [1.29, 1.82) is 0 Å². The largest absolute Gasteiger partial charge is 1.00 e. The zero-order chi connectivity index (χ0) is 64.4. The molecule has 6 aromatic carbocycles. The second-order valence-corrected chi connectivity index (χ2v) is 23.7. The van der Waals surface area contributed by atoms with Crippen LogP contribution in [0.15, 0.2) is 254 Å². The molecule has 0 fully saturated rings. The van der Waals surface area contributed by atoms with Gasteiger partial charge in [-0.25, -0.2) is 15.0 Å². The Morgan fingerprint density at radius 3 is 1.56 bits per heavy atom. The van der Waals surface area contributed by atoms with E-state index in [1.807, 2.05) is 167 Å². The zero-order valence-electron chi connectivity index (χ0n) is 50.1. The van der Waals surface area contributed by atoms with Crippen LogP contribution in [0.4, 0.5) is 0 Å². The predicted molar refractivity (Wildman–Crippen MR) is 357 cm³/mol. The smallest absolute Gasteiger partial charge is 0.870 e. The van der Waals surface area contributed by atoms with Crippen LogP contribution in [-0.2, 0) is 43.2 Å². The van der Waals surface area contributed by atoms with Crippen LogP contribution in [-0.4, -0.2) is 57.5 Å². The monoisotopic (exact) mass is 1350 g/mol. The third kappa shape index (κ3) is 18.1. The molecule has 8 heterocycles. The third-order valence-corrected chi connectivity index (χ3v) is 16.5. The van der Waals surface area contributed by atoms with Gasteiger partial charge in [-0.1, -0.05) is 182 Å². The minimum Gasteiger partial charge on any atom is -0.870 e. The molecular formula is C67H60N9NaO13S4. The first-order valence-corrected chi connectivity index (χ1v) is 32.2. The number of rotatable bonds is 14. The maximum absolute atomic E-state index is 12.3. The first kappa shape index (κ1) is 70.6. The fourth-order valence-electron chi connectivity index (χ4n) is 9.83. The molecule has 94 heavy (non-hydrogen) atoms. The summed E-state index contributed by atoms with van der Waals surface area (Å²) < 4.78 is 52.3. The Morgan fingerprint density at radius 2 is 1.03 bits per heavy atom. The topological polar surface area (TPSA) is 330 Å². The molecule has 22 nitrogen and oxygen atoms in total. The van der Waals surface area contributed by atoms with Gasteiger partial charge in [-0.3, -0.25) is 49.1 Å². The van der Waals surface area contributed by atoms with Gasteiger partial charge < -0.3 is 35.0 Å². The maximum atomic E-state index is 12.3. The van der Waals surface area contributed by atoms with Gasteiger partial charge in [0.2, 0.25) is 22.0 Å². The number of fused-ring (bicyclic) bond motifs is 6. The van der Waals surface area contributed by atoms with Gasteiger partial charge in [-0.2, -0.15) is 8.42 Å². The molecule has 0 spiro atoms. The molecule has 0 saturated carbocycles. The SMILES string of the molecule is NNCc1scnc1-c1occc(=O)c1OCc1ccccc1.O=S(=O)(O)O.O=c1ccn2c(c1O)-c1ncsc1CN2C(c1ccccc1)c1ccccc1.O=c1ccn2c(c1OCc1ccccc1)-c1ncsc1CN2.OC(c1ccccc1)c1ccccc1.[Na+].[OH-]. The summed E-state index contributed by atoms with van der Waals surface area (Å²) >= 11 is 4.54. The number of ether oxygens (including phenoxy) is 2. The van der Waals surface area contributed by atoms with Gasteiger partial charge in [-0.05, 0) is 33.4 Å². The van der Waals surface area contributed by atoms with Crippen molar-refractivity contribution in [3.05, 3.63) is 314 Å². The Morgan fingerprint density at radius 1 is 0.585 bits per heavy atom. The molecule has 0 aliphatic carbocycles. The normalized spacial score (nSPS) is 11.4. The fourth-order valence-corrected chi connectivity index (χ4v) is 12.0. The second kappa shape index (κ2) is 34.1. The number of aliphatic hydroxyl groups is 1. The number of aliphatic hydroxyl groups excluding tert-OH is 1. The number of benzene rings is 6. The Labute approximate surface area is 573 Å². The Kier molecular flexibility index (Phi) is 25.6. The minimum atomic E-state index is -4.67. The van der Waals surface area contributed by atoms with Crippen molar-refractivity contribution >= 4 is 44.4 Å². The third-order valence-electron chi connectivity index (χ3n) is 14.0. The van der Waals surface area contributed by atoms with Crippen molar-refractivity contribution in [2.45, 2.75) is 45.0 Å². The van der Waals surface area contributed by atoms with Crippen LogP contribution in [0, 0.1) is 0 Å². The van der Waals surface area contributed by atoms with Crippen LogP contribution >= 0.6 is 34.0 Å². The molecule has 0 atom stereocenters. The summed E-state index contributed by atoms with van der Waals surface area (Å²) in [6.45, 7) is 2.39. The average molecular weight is 1350 g/mol.